The van der Waals surface area contributed by atoms with Gasteiger partial charge >= 0.3 is 0 Å². The van der Waals surface area contributed by atoms with E-state index in [0.29, 0.717) is 10.4 Å². The van der Waals surface area contributed by atoms with Gasteiger partial charge in [-0.3, -0.25) is 4.79 Å². The van der Waals surface area contributed by atoms with Gasteiger partial charge in [0.25, 0.3) is 0 Å². The quantitative estimate of drug-likeness (QED) is 0.645. The molecule has 0 bridgehead atoms. The third-order valence-electron chi connectivity index (χ3n) is 2.10. The third-order valence-corrected chi connectivity index (χ3v) is 2.30. The summed E-state index contributed by atoms with van der Waals surface area (Å²) in [5.41, 5.74) is 2.23. The van der Waals surface area contributed by atoms with Crippen LogP contribution in [0.3, 0.4) is 0 Å². The van der Waals surface area contributed by atoms with Gasteiger partial charge in [0.15, 0.2) is 4.77 Å². The molecule has 0 saturated carbocycles. The largest absolute Gasteiger partial charge is 0.334 e. The van der Waals surface area contributed by atoms with Crippen LogP contribution in [0.2, 0.25) is 0 Å². The number of pyridine rings is 1. The lowest BCUT2D eigenvalue weighted by Crippen LogP contribution is -2.07. The number of aryl methyl sites for hydroxylation is 2. The fourth-order valence-electron chi connectivity index (χ4n) is 1.58. The summed E-state index contributed by atoms with van der Waals surface area (Å²) in [5, 5.41) is 0.929. The first-order chi connectivity index (χ1) is 6.58. The Morgan fingerprint density at radius 2 is 2.07 bits per heavy atom. The van der Waals surface area contributed by atoms with E-state index in [0.717, 1.165) is 16.6 Å². The number of hydrogen-bond donors (Lipinski definition) is 2. The van der Waals surface area contributed by atoms with Crippen LogP contribution in [0.25, 0.3) is 11.0 Å². The van der Waals surface area contributed by atoms with Gasteiger partial charge in [-0.05, 0) is 31.6 Å². The van der Waals surface area contributed by atoms with Gasteiger partial charge < -0.3 is 9.97 Å². The van der Waals surface area contributed by atoms with Crippen molar-refractivity contribution in [2.45, 2.75) is 13.8 Å². The third kappa shape index (κ3) is 1.35. The summed E-state index contributed by atoms with van der Waals surface area (Å²) < 4.78 is 0.385. The molecule has 0 saturated heterocycles. The van der Waals surface area contributed by atoms with Crippen LogP contribution in [0.4, 0.5) is 0 Å². The van der Waals surface area contributed by atoms with Gasteiger partial charge in [-0.2, -0.15) is 0 Å². The van der Waals surface area contributed by atoms with Crippen LogP contribution >= 0.6 is 12.2 Å². The molecule has 5 heteroatoms. The molecule has 0 aliphatic carbocycles. The molecule has 0 spiro atoms. The molecule has 0 aliphatic heterocycles. The fourth-order valence-corrected chi connectivity index (χ4v) is 1.82. The molecule has 0 aliphatic rings. The van der Waals surface area contributed by atoms with E-state index in [9.17, 15) is 4.79 Å². The van der Waals surface area contributed by atoms with Crippen LogP contribution in [0, 0.1) is 18.6 Å². The van der Waals surface area contributed by atoms with Gasteiger partial charge in [-0.1, -0.05) is 0 Å². The van der Waals surface area contributed by atoms with Crippen molar-refractivity contribution in [1.29, 1.82) is 0 Å². The summed E-state index contributed by atoms with van der Waals surface area (Å²) in [6.45, 7) is 3.79. The lowest BCUT2D eigenvalue weighted by atomic mass is 10.1. The van der Waals surface area contributed by atoms with Crippen molar-refractivity contribution in [2.75, 3.05) is 0 Å². The standard InChI is InChI=1S/C9H9N3OS/c1-4-3-6(13)11-8-7(4)5(2)10-9(14)12-8/h3H,1-2H3,(H2,10,11,12,13,14). The first kappa shape index (κ1) is 9.08. The van der Waals surface area contributed by atoms with E-state index in [1.165, 1.54) is 0 Å². The van der Waals surface area contributed by atoms with Gasteiger partial charge in [-0.15, -0.1) is 0 Å². The van der Waals surface area contributed by atoms with Crippen molar-refractivity contribution in [3.05, 3.63) is 32.4 Å². The van der Waals surface area contributed by atoms with Crippen molar-refractivity contribution >= 4 is 23.3 Å². The van der Waals surface area contributed by atoms with Crippen LogP contribution in [-0.2, 0) is 0 Å². The van der Waals surface area contributed by atoms with E-state index in [2.05, 4.69) is 15.0 Å². The Bertz CT molecular complexity index is 561. The highest BCUT2D eigenvalue weighted by molar-refractivity contribution is 7.71. The van der Waals surface area contributed by atoms with Crippen molar-refractivity contribution in [1.82, 2.24) is 15.0 Å². The molecule has 72 valence electrons. The highest BCUT2D eigenvalue weighted by Crippen LogP contribution is 2.14. The molecular formula is C9H9N3OS. The van der Waals surface area contributed by atoms with Gasteiger partial charge in [0.05, 0.1) is 0 Å². The van der Waals surface area contributed by atoms with E-state index >= 15 is 0 Å². The van der Waals surface area contributed by atoms with Gasteiger partial charge in [0, 0.05) is 17.1 Å². The SMILES string of the molecule is Cc1cc(=O)[nH]c2nc(=S)[nH]c(C)c12. The van der Waals surface area contributed by atoms with E-state index in [1.54, 1.807) is 6.07 Å². The van der Waals surface area contributed by atoms with Gasteiger partial charge in [-0.25, -0.2) is 4.98 Å². The smallest absolute Gasteiger partial charge is 0.249 e. The number of aromatic nitrogens is 3. The van der Waals surface area contributed by atoms with Crippen LogP contribution in [0.5, 0.6) is 0 Å². The Kier molecular flexibility index (Phi) is 1.96. The number of rotatable bonds is 0. The second-order valence-electron chi connectivity index (χ2n) is 3.21. The molecule has 2 rings (SSSR count). The molecule has 2 heterocycles. The van der Waals surface area contributed by atoms with Crippen molar-refractivity contribution in [2.24, 2.45) is 0 Å². The molecule has 0 fully saturated rings. The number of nitrogens with zero attached hydrogens (tertiary/aromatic N) is 1. The number of fused-ring (bicyclic) bond motifs is 1. The van der Waals surface area contributed by atoms with Gasteiger partial charge in [0.1, 0.15) is 5.65 Å². The van der Waals surface area contributed by atoms with E-state index in [4.69, 9.17) is 12.2 Å². The highest BCUT2D eigenvalue weighted by Gasteiger charge is 2.03. The lowest BCUT2D eigenvalue weighted by molar-refractivity contribution is 1.08. The molecule has 0 radical (unpaired) electrons. The summed E-state index contributed by atoms with van der Waals surface area (Å²) in [7, 11) is 0. The molecule has 14 heavy (non-hydrogen) atoms. The summed E-state index contributed by atoms with van der Waals surface area (Å²) in [6.07, 6.45) is 0. The second kappa shape index (κ2) is 3.02. The van der Waals surface area contributed by atoms with E-state index < -0.39 is 0 Å². The van der Waals surface area contributed by atoms with E-state index in [1.807, 2.05) is 13.8 Å². The first-order valence-electron chi connectivity index (χ1n) is 4.18. The first-order valence-corrected chi connectivity index (χ1v) is 4.59. The maximum absolute atomic E-state index is 11.2. The minimum absolute atomic E-state index is 0.150. The minimum Gasteiger partial charge on any atom is -0.334 e. The predicted molar refractivity (Wildman–Crippen MR) is 57.0 cm³/mol. The van der Waals surface area contributed by atoms with E-state index in [-0.39, 0.29) is 5.56 Å². The summed E-state index contributed by atoms with van der Waals surface area (Å²) in [5.74, 6) is 0. The lowest BCUT2D eigenvalue weighted by Gasteiger charge is -2.03. The van der Waals surface area contributed by atoms with Crippen LogP contribution < -0.4 is 5.56 Å². The molecule has 2 aromatic rings. The maximum Gasteiger partial charge on any atom is 0.249 e. The molecule has 0 atom stereocenters. The molecule has 0 amide bonds. The van der Waals surface area contributed by atoms with Gasteiger partial charge in [0.2, 0.25) is 5.56 Å². The highest BCUT2D eigenvalue weighted by atomic mass is 32.1. The normalized spacial score (nSPS) is 10.7. The van der Waals surface area contributed by atoms with Crippen LogP contribution in [0.15, 0.2) is 10.9 Å². The van der Waals surface area contributed by atoms with Crippen LogP contribution in [-0.4, -0.2) is 15.0 Å². The maximum atomic E-state index is 11.2. The summed E-state index contributed by atoms with van der Waals surface area (Å²) in [6, 6.07) is 1.55. The van der Waals surface area contributed by atoms with Crippen molar-refractivity contribution < 1.29 is 0 Å². The molecular weight excluding hydrogens is 198 g/mol. The predicted octanol–water partition coefficient (Wildman–Crippen LogP) is 1.60. The van der Waals surface area contributed by atoms with Crippen molar-refractivity contribution in [3.63, 3.8) is 0 Å². The Morgan fingerprint density at radius 3 is 2.79 bits per heavy atom. The zero-order valence-electron chi connectivity index (χ0n) is 7.84. The zero-order valence-corrected chi connectivity index (χ0v) is 8.66. The fraction of sp³-hybridized carbons (Fsp3) is 0.222. The Morgan fingerprint density at radius 1 is 1.36 bits per heavy atom. The average Bonchev–Trinajstić information content (AvgIpc) is 1.99. The molecule has 0 unspecified atom stereocenters. The summed E-state index contributed by atoms with van der Waals surface area (Å²) in [4.78, 5) is 20.9. The number of H-pyrrole nitrogens is 2. The second-order valence-corrected chi connectivity index (χ2v) is 3.59. The number of aromatic amines is 2. The van der Waals surface area contributed by atoms with Crippen LogP contribution in [0.1, 0.15) is 11.3 Å². The summed E-state index contributed by atoms with van der Waals surface area (Å²) >= 11 is 4.92. The molecule has 2 N–H and O–H groups in total. The van der Waals surface area contributed by atoms with Crippen molar-refractivity contribution in [3.8, 4) is 0 Å². The molecule has 0 aromatic carbocycles. The Hall–Kier alpha value is -1.49. The average molecular weight is 207 g/mol. The topological polar surface area (TPSA) is 61.5 Å². The minimum atomic E-state index is -0.150. The Labute approximate surface area is 85.0 Å². The molecule has 4 nitrogen and oxygen atoms in total. The zero-order chi connectivity index (χ0) is 10.3. The molecule has 2 aromatic heterocycles. The Balaban J connectivity index is 3.09. The number of nitrogens with one attached hydrogen (secondary N) is 2. The monoisotopic (exact) mass is 207 g/mol. The number of hydrogen-bond acceptors (Lipinski definition) is 3.